The van der Waals surface area contributed by atoms with Gasteiger partial charge in [0.25, 0.3) is 0 Å². The number of imidazole rings is 1. The molecule has 1 amide bonds. The van der Waals surface area contributed by atoms with Crippen LogP contribution in [0.4, 0.5) is 0 Å². The van der Waals surface area contributed by atoms with Crippen LogP contribution in [-0.4, -0.2) is 53.7 Å². The molecule has 1 aromatic carbocycles. The average molecular weight is 378 g/mol. The van der Waals surface area contributed by atoms with Crippen LogP contribution >= 0.6 is 0 Å². The maximum absolute atomic E-state index is 13.0. The fourth-order valence-corrected chi connectivity index (χ4v) is 4.38. The Hall–Kier alpha value is -1.93. The molecule has 2 atom stereocenters. The molecule has 2 N–H and O–H groups in total. The van der Waals surface area contributed by atoms with E-state index in [4.69, 9.17) is 5.73 Å². The summed E-state index contributed by atoms with van der Waals surface area (Å²) < 4.78 is 25.3. The molecule has 0 unspecified atom stereocenters. The van der Waals surface area contributed by atoms with Crippen LogP contribution in [0.2, 0.25) is 0 Å². The number of sulfone groups is 1. The minimum atomic E-state index is -3.26. The van der Waals surface area contributed by atoms with Crippen LogP contribution in [0.1, 0.15) is 32.0 Å². The molecule has 7 nitrogen and oxygen atoms in total. The van der Waals surface area contributed by atoms with Gasteiger partial charge < -0.3 is 15.2 Å². The summed E-state index contributed by atoms with van der Waals surface area (Å²) in [6.07, 6.45) is 4.12. The van der Waals surface area contributed by atoms with E-state index in [0.29, 0.717) is 17.9 Å². The highest BCUT2D eigenvalue weighted by atomic mass is 32.2. The molecule has 0 aliphatic carbocycles. The zero-order valence-electron chi connectivity index (χ0n) is 15.3. The lowest BCUT2D eigenvalue weighted by Crippen LogP contribution is -2.52. The molecule has 1 aliphatic heterocycles. The number of hydrogen-bond donors (Lipinski definition) is 1. The summed E-state index contributed by atoms with van der Waals surface area (Å²) in [5, 5.41) is 0. The number of piperidine rings is 1. The normalized spacial score (nSPS) is 19.7. The zero-order valence-corrected chi connectivity index (χ0v) is 16.1. The molecule has 0 saturated carbocycles. The number of benzene rings is 1. The molecule has 2 heterocycles. The average Bonchev–Trinajstić information content (AvgIpc) is 2.90. The fraction of sp³-hybridized carbons (Fsp3) is 0.556. The number of hydrogen-bond acceptors (Lipinski definition) is 5. The van der Waals surface area contributed by atoms with Gasteiger partial charge in [-0.1, -0.05) is 12.1 Å². The number of nitrogens with two attached hydrogens (primary N) is 1. The van der Waals surface area contributed by atoms with E-state index in [-0.39, 0.29) is 30.3 Å². The van der Waals surface area contributed by atoms with Crippen molar-refractivity contribution in [1.29, 1.82) is 0 Å². The van der Waals surface area contributed by atoms with Crippen molar-refractivity contribution < 1.29 is 13.2 Å². The van der Waals surface area contributed by atoms with Crippen LogP contribution < -0.4 is 5.73 Å². The highest BCUT2D eigenvalue weighted by Crippen LogP contribution is 2.22. The summed E-state index contributed by atoms with van der Waals surface area (Å²) in [6.45, 7) is 2.70. The number of fused-ring (bicyclic) bond motifs is 1. The van der Waals surface area contributed by atoms with Gasteiger partial charge in [-0.05, 0) is 38.3 Å². The maximum atomic E-state index is 13.0. The quantitative estimate of drug-likeness (QED) is 0.846. The third-order valence-electron chi connectivity index (χ3n) is 4.89. The van der Waals surface area contributed by atoms with E-state index >= 15 is 0 Å². The summed E-state index contributed by atoms with van der Waals surface area (Å²) in [7, 11) is -3.26. The molecule has 3 rings (SSSR count). The molecule has 2 aromatic rings. The fourth-order valence-electron chi connectivity index (χ4n) is 3.69. The van der Waals surface area contributed by atoms with Gasteiger partial charge in [0.1, 0.15) is 18.1 Å². The predicted molar refractivity (Wildman–Crippen MR) is 101 cm³/mol. The second-order valence-corrected chi connectivity index (χ2v) is 9.32. The Balaban J connectivity index is 1.94. The monoisotopic (exact) mass is 378 g/mol. The molecular formula is C18H26N4O3S. The third-order valence-corrected chi connectivity index (χ3v) is 5.68. The first-order chi connectivity index (χ1) is 12.3. The van der Waals surface area contributed by atoms with Crippen LogP contribution in [0.25, 0.3) is 11.0 Å². The van der Waals surface area contributed by atoms with Gasteiger partial charge >= 0.3 is 0 Å². The molecule has 1 saturated heterocycles. The Morgan fingerprint density at radius 2 is 2.08 bits per heavy atom. The van der Waals surface area contributed by atoms with E-state index in [2.05, 4.69) is 4.98 Å². The standard InChI is InChI=1S/C18H26N4O3S/c1-13(19)15-8-5-6-10-21(15)18(23)11-22-16-9-4-3-7-14(16)20-17(22)12-26(2,24)25/h3-4,7,9,13,15H,5-6,8,10-12,19H2,1-2H3/t13-,15+/m1/s1. The summed E-state index contributed by atoms with van der Waals surface area (Å²) in [5.74, 6) is 0.174. The zero-order chi connectivity index (χ0) is 18.9. The van der Waals surface area contributed by atoms with Crippen LogP contribution in [0.5, 0.6) is 0 Å². The number of amides is 1. The molecule has 1 aliphatic rings. The van der Waals surface area contributed by atoms with Crippen molar-refractivity contribution in [3.05, 3.63) is 30.1 Å². The molecule has 1 fully saturated rings. The second kappa shape index (κ2) is 7.36. The number of aromatic nitrogens is 2. The van der Waals surface area contributed by atoms with Crippen LogP contribution in [0.3, 0.4) is 0 Å². The smallest absolute Gasteiger partial charge is 0.242 e. The minimum Gasteiger partial charge on any atom is -0.337 e. The van der Waals surface area contributed by atoms with Crippen molar-refractivity contribution in [2.45, 2.75) is 50.6 Å². The number of rotatable bonds is 5. The van der Waals surface area contributed by atoms with E-state index in [1.807, 2.05) is 36.1 Å². The lowest BCUT2D eigenvalue weighted by atomic mass is 9.97. The van der Waals surface area contributed by atoms with Crippen molar-refractivity contribution in [3.63, 3.8) is 0 Å². The number of carbonyl (C=O) groups is 1. The van der Waals surface area contributed by atoms with Gasteiger partial charge in [-0.3, -0.25) is 4.79 Å². The van der Waals surface area contributed by atoms with Gasteiger partial charge in [0.05, 0.1) is 11.0 Å². The van der Waals surface area contributed by atoms with Gasteiger partial charge in [0.15, 0.2) is 9.84 Å². The van der Waals surface area contributed by atoms with Crippen molar-refractivity contribution in [2.75, 3.05) is 12.8 Å². The molecule has 26 heavy (non-hydrogen) atoms. The van der Waals surface area contributed by atoms with E-state index in [9.17, 15) is 13.2 Å². The molecule has 0 radical (unpaired) electrons. The second-order valence-electron chi connectivity index (χ2n) is 7.18. The highest BCUT2D eigenvalue weighted by molar-refractivity contribution is 7.89. The topological polar surface area (TPSA) is 98.3 Å². The highest BCUT2D eigenvalue weighted by Gasteiger charge is 2.30. The molecular weight excluding hydrogens is 352 g/mol. The van der Waals surface area contributed by atoms with Crippen LogP contribution in [0, 0.1) is 0 Å². The Labute approximate surface area is 154 Å². The summed E-state index contributed by atoms with van der Waals surface area (Å²) in [4.78, 5) is 19.3. The van der Waals surface area contributed by atoms with Crippen LogP contribution in [-0.2, 0) is 26.9 Å². The van der Waals surface area contributed by atoms with Crippen LogP contribution in [0.15, 0.2) is 24.3 Å². The van der Waals surface area contributed by atoms with Gasteiger partial charge in [-0.2, -0.15) is 0 Å². The Kier molecular flexibility index (Phi) is 5.34. The molecule has 0 spiro atoms. The van der Waals surface area contributed by atoms with Crippen molar-refractivity contribution >= 4 is 26.8 Å². The van der Waals surface area contributed by atoms with E-state index < -0.39 is 9.84 Å². The molecule has 142 valence electrons. The van der Waals surface area contributed by atoms with E-state index in [1.165, 1.54) is 6.26 Å². The Morgan fingerprint density at radius 1 is 1.35 bits per heavy atom. The van der Waals surface area contributed by atoms with Gasteiger partial charge in [0, 0.05) is 24.9 Å². The molecule has 0 bridgehead atoms. The molecule has 8 heteroatoms. The van der Waals surface area contributed by atoms with Gasteiger partial charge in [0.2, 0.25) is 5.91 Å². The SMILES string of the molecule is C[C@@H](N)[C@@H]1CCCCN1C(=O)Cn1c(CS(C)(=O)=O)nc2ccccc21. The lowest BCUT2D eigenvalue weighted by molar-refractivity contribution is -0.135. The number of likely N-dealkylation sites (tertiary alicyclic amines) is 1. The van der Waals surface area contributed by atoms with Crippen molar-refractivity contribution in [1.82, 2.24) is 14.5 Å². The summed E-state index contributed by atoms with van der Waals surface area (Å²) in [6, 6.07) is 7.34. The Bertz CT molecular complexity index is 904. The third kappa shape index (κ3) is 4.07. The number of nitrogens with zero attached hydrogens (tertiary/aromatic N) is 3. The van der Waals surface area contributed by atoms with Gasteiger partial charge in [-0.25, -0.2) is 13.4 Å². The van der Waals surface area contributed by atoms with E-state index in [0.717, 1.165) is 24.8 Å². The largest absolute Gasteiger partial charge is 0.337 e. The van der Waals surface area contributed by atoms with Crippen molar-refractivity contribution in [3.8, 4) is 0 Å². The minimum absolute atomic E-state index is 0.0318. The first-order valence-corrected chi connectivity index (χ1v) is 11.0. The lowest BCUT2D eigenvalue weighted by Gasteiger charge is -2.38. The summed E-state index contributed by atoms with van der Waals surface area (Å²) in [5.41, 5.74) is 7.55. The molecule has 1 aromatic heterocycles. The number of para-hydroxylation sites is 2. The van der Waals surface area contributed by atoms with Gasteiger partial charge in [-0.15, -0.1) is 0 Å². The van der Waals surface area contributed by atoms with Crippen molar-refractivity contribution in [2.24, 2.45) is 5.73 Å². The Morgan fingerprint density at radius 3 is 2.77 bits per heavy atom. The summed E-state index contributed by atoms with van der Waals surface area (Å²) >= 11 is 0. The first-order valence-electron chi connectivity index (χ1n) is 8.93. The first kappa shape index (κ1) is 18.8. The predicted octanol–water partition coefficient (Wildman–Crippen LogP) is 1.31. The number of carbonyl (C=O) groups excluding carboxylic acids is 1. The van der Waals surface area contributed by atoms with E-state index in [1.54, 1.807) is 4.57 Å². The maximum Gasteiger partial charge on any atom is 0.242 e.